The molecule has 2 aliphatic heterocycles. The van der Waals surface area contributed by atoms with Crippen molar-refractivity contribution in [1.29, 1.82) is 0 Å². The van der Waals surface area contributed by atoms with Crippen LogP contribution in [0.15, 0.2) is 23.1 Å². The smallest absolute Gasteiger partial charge is 0.240 e. The van der Waals surface area contributed by atoms with Crippen molar-refractivity contribution in [2.45, 2.75) is 24.1 Å². The van der Waals surface area contributed by atoms with Crippen LogP contribution in [0.5, 0.6) is 0 Å². The predicted molar refractivity (Wildman–Crippen MR) is 79.4 cm³/mol. The zero-order chi connectivity index (χ0) is 14.9. The number of ether oxygens (including phenoxy) is 1. The van der Waals surface area contributed by atoms with E-state index in [1.54, 1.807) is 12.1 Å². The second-order valence-electron chi connectivity index (χ2n) is 5.64. The van der Waals surface area contributed by atoms with Gasteiger partial charge in [-0.3, -0.25) is 0 Å². The SMILES string of the molecule is CN1CCOC(CNS(=O)(=O)c2ccc3c(c2)CNC3)C1. The highest BCUT2D eigenvalue weighted by molar-refractivity contribution is 7.89. The van der Waals surface area contributed by atoms with Gasteiger partial charge in [-0.05, 0) is 30.3 Å². The van der Waals surface area contributed by atoms with Crippen LogP contribution in [0.2, 0.25) is 0 Å². The van der Waals surface area contributed by atoms with Gasteiger partial charge in [-0.2, -0.15) is 0 Å². The maximum atomic E-state index is 12.4. The van der Waals surface area contributed by atoms with Crippen LogP contribution in [0.1, 0.15) is 11.1 Å². The van der Waals surface area contributed by atoms with Crippen molar-refractivity contribution in [1.82, 2.24) is 14.9 Å². The van der Waals surface area contributed by atoms with E-state index < -0.39 is 10.0 Å². The molecular formula is C14H21N3O3S. The van der Waals surface area contributed by atoms with Gasteiger partial charge in [0.15, 0.2) is 0 Å². The highest BCUT2D eigenvalue weighted by atomic mass is 32.2. The number of hydrogen-bond acceptors (Lipinski definition) is 5. The molecule has 1 atom stereocenters. The van der Waals surface area contributed by atoms with E-state index in [0.717, 1.165) is 31.7 Å². The van der Waals surface area contributed by atoms with E-state index in [0.29, 0.717) is 18.0 Å². The van der Waals surface area contributed by atoms with Crippen LogP contribution < -0.4 is 10.0 Å². The Balaban J connectivity index is 1.66. The first-order valence-electron chi connectivity index (χ1n) is 7.17. The molecule has 1 aromatic rings. The summed E-state index contributed by atoms with van der Waals surface area (Å²) in [5, 5.41) is 3.21. The number of likely N-dealkylation sites (N-methyl/N-ethyl adjacent to an activating group) is 1. The summed E-state index contributed by atoms with van der Waals surface area (Å²) in [5.41, 5.74) is 2.23. The maximum Gasteiger partial charge on any atom is 0.240 e. The molecule has 21 heavy (non-hydrogen) atoms. The summed E-state index contributed by atoms with van der Waals surface area (Å²) in [5.74, 6) is 0. The van der Waals surface area contributed by atoms with E-state index in [1.165, 1.54) is 5.56 Å². The van der Waals surface area contributed by atoms with Crippen LogP contribution in [0.25, 0.3) is 0 Å². The van der Waals surface area contributed by atoms with Crippen LogP contribution in [-0.2, 0) is 27.8 Å². The minimum Gasteiger partial charge on any atom is -0.374 e. The topological polar surface area (TPSA) is 70.7 Å². The Morgan fingerprint density at radius 1 is 1.38 bits per heavy atom. The third kappa shape index (κ3) is 3.44. The van der Waals surface area contributed by atoms with Crippen LogP contribution in [0, 0.1) is 0 Å². The summed E-state index contributed by atoms with van der Waals surface area (Å²) < 4.78 is 32.9. The summed E-state index contributed by atoms with van der Waals surface area (Å²) in [6.45, 7) is 4.13. The molecule has 1 aromatic carbocycles. The molecule has 2 aliphatic rings. The van der Waals surface area contributed by atoms with Crippen molar-refractivity contribution >= 4 is 10.0 Å². The molecule has 0 aliphatic carbocycles. The van der Waals surface area contributed by atoms with Crippen molar-refractivity contribution in [3.8, 4) is 0 Å². The van der Waals surface area contributed by atoms with Gasteiger partial charge in [0.25, 0.3) is 0 Å². The van der Waals surface area contributed by atoms with E-state index in [-0.39, 0.29) is 6.10 Å². The van der Waals surface area contributed by atoms with Crippen LogP contribution in [0.3, 0.4) is 0 Å². The van der Waals surface area contributed by atoms with Crippen molar-refractivity contribution in [2.75, 3.05) is 33.3 Å². The second kappa shape index (κ2) is 6.02. The minimum absolute atomic E-state index is 0.0883. The van der Waals surface area contributed by atoms with E-state index in [4.69, 9.17) is 4.74 Å². The van der Waals surface area contributed by atoms with E-state index in [1.807, 2.05) is 13.1 Å². The maximum absolute atomic E-state index is 12.4. The zero-order valence-corrected chi connectivity index (χ0v) is 12.9. The lowest BCUT2D eigenvalue weighted by Crippen LogP contribution is -2.45. The van der Waals surface area contributed by atoms with E-state index in [9.17, 15) is 8.42 Å². The number of rotatable bonds is 4. The Bertz CT molecular complexity index is 618. The van der Waals surface area contributed by atoms with Gasteiger partial charge in [0, 0.05) is 32.7 Å². The van der Waals surface area contributed by atoms with E-state index in [2.05, 4.69) is 14.9 Å². The second-order valence-corrected chi connectivity index (χ2v) is 7.41. The molecular weight excluding hydrogens is 290 g/mol. The van der Waals surface area contributed by atoms with Crippen LogP contribution in [-0.4, -0.2) is 52.7 Å². The molecule has 6 nitrogen and oxygen atoms in total. The first-order valence-corrected chi connectivity index (χ1v) is 8.65. The van der Waals surface area contributed by atoms with Gasteiger partial charge in [0.2, 0.25) is 10.0 Å². The molecule has 0 aromatic heterocycles. The molecule has 1 fully saturated rings. The lowest BCUT2D eigenvalue weighted by atomic mass is 10.1. The Morgan fingerprint density at radius 3 is 3.00 bits per heavy atom. The van der Waals surface area contributed by atoms with Crippen molar-refractivity contribution < 1.29 is 13.2 Å². The molecule has 0 radical (unpaired) electrons. The Labute approximate surface area is 125 Å². The van der Waals surface area contributed by atoms with Crippen molar-refractivity contribution in [3.05, 3.63) is 29.3 Å². The summed E-state index contributed by atoms with van der Waals surface area (Å²) in [4.78, 5) is 2.47. The molecule has 2 N–H and O–H groups in total. The summed E-state index contributed by atoms with van der Waals surface area (Å²) >= 11 is 0. The third-order valence-electron chi connectivity index (χ3n) is 3.96. The quantitative estimate of drug-likeness (QED) is 0.812. The molecule has 0 bridgehead atoms. The molecule has 0 saturated carbocycles. The molecule has 3 rings (SSSR count). The third-order valence-corrected chi connectivity index (χ3v) is 5.38. The normalized spacial score (nSPS) is 23.2. The predicted octanol–water partition coefficient (Wildman–Crippen LogP) is -0.101. The summed E-state index contributed by atoms with van der Waals surface area (Å²) in [6, 6.07) is 5.31. The average molecular weight is 311 g/mol. The van der Waals surface area contributed by atoms with Gasteiger partial charge >= 0.3 is 0 Å². The van der Waals surface area contributed by atoms with Crippen molar-refractivity contribution in [2.24, 2.45) is 0 Å². The molecule has 7 heteroatoms. The lowest BCUT2D eigenvalue weighted by molar-refractivity contribution is -0.0156. The van der Waals surface area contributed by atoms with E-state index >= 15 is 0 Å². The van der Waals surface area contributed by atoms with Gasteiger partial charge in [-0.1, -0.05) is 6.07 Å². The first-order chi connectivity index (χ1) is 10.0. The Hall–Kier alpha value is -0.990. The average Bonchev–Trinajstić information content (AvgIpc) is 2.93. The molecule has 116 valence electrons. The number of morpholine rings is 1. The zero-order valence-electron chi connectivity index (χ0n) is 12.1. The highest BCUT2D eigenvalue weighted by Gasteiger charge is 2.22. The standard InChI is InChI=1S/C14H21N3O3S/c1-17-4-5-20-13(10-17)9-16-21(18,19)14-3-2-11-7-15-8-12(11)6-14/h2-3,6,13,15-16H,4-5,7-10H2,1H3. The van der Waals surface area contributed by atoms with Gasteiger partial charge in [-0.25, -0.2) is 13.1 Å². The number of nitrogens with one attached hydrogen (secondary N) is 2. The first kappa shape index (κ1) is 14.9. The van der Waals surface area contributed by atoms with Crippen LogP contribution in [0.4, 0.5) is 0 Å². The van der Waals surface area contributed by atoms with Gasteiger partial charge in [0.05, 0.1) is 17.6 Å². The minimum atomic E-state index is -3.48. The molecule has 2 heterocycles. The fourth-order valence-corrected chi connectivity index (χ4v) is 3.83. The molecule has 0 amide bonds. The molecule has 0 spiro atoms. The largest absolute Gasteiger partial charge is 0.374 e. The molecule has 1 unspecified atom stereocenters. The monoisotopic (exact) mass is 311 g/mol. The Kier molecular flexibility index (Phi) is 4.28. The highest BCUT2D eigenvalue weighted by Crippen LogP contribution is 2.20. The number of nitrogens with zero attached hydrogens (tertiary/aromatic N) is 1. The van der Waals surface area contributed by atoms with Gasteiger partial charge in [0.1, 0.15) is 0 Å². The van der Waals surface area contributed by atoms with Crippen molar-refractivity contribution in [3.63, 3.8) is 0 Å². The summed E-state index contributed by atoms with van der Waals surface area (Å²) in [7, 11) is -1.46. The Morgan fingerprint density at radius 2 is 2.19 bits per heavy atom. The fraction of sp³-hybridized carbons (Fsp3) is 0.571. The van der Waals surface area contributed by atoms with Gasteiger partial charge < -0.3 is 15.0 Å². The number of benzene rings is 1. The summed E-state index contributed by atoms with van der Waals surface area (Å²) in [6.07, 6.45) is -0.0883. The number of fused-ring (bicyclic) bond motifs is 1. The number of sulfonamides is 1. The number of hydrogen-bond donors (Lipinski definition) is 2. The van der Waals surface area contributed by atoms with Gasteiger partial charge in [-0.15, -0.1) is 0 Å². The fourth-order valence-electron chi connectivity index (χ4n) is 2.71. The lowest BCUT2D eigenvalue weighted by Gasteiger charge is -2.30. The molecule has 1 saturated heterocycles. The van der Waals surface area contributed by atoms with Crippen LogP contribution >= 0.6 is 0 Å².